The zero-order valence-corrected chi connectivity index (χ0v) is 29.2. The summed E-state index contributed by atoms with van der Waals surface area (Å²) in [4.78, 5) is 39.6. The number of thiocarbonyl (C=S) groups is 1. The number of carbonyl (C=O) groups is 2. The van der Waals surface area contributed by atoms with Gasteiger partial charge in [0, 0.05) is 76.3 Å². The molecule has 6 rings (SSSR count). The number of rotatable bonds is 7. The highest BCUT2D eigenvalue weighted by atomic mass is 79.9. The Morgan fingerprint density at radius 1 is 1.07 bits per heavy atom. The molecule has 1 unspecified atom stereocenters. The van der Waals surface area contributed by atoms with Gasteiger partial charge < -0.3 is 25.0 Å². The van der Waals surface area contributed by atoms with Gasteiger partial charge in [0.15, 0.2) is 5.11 Å². The summed E-state index contributed by atoms with van der Waals surface area (Å²) < 4.78 is -0.142. The molecule has 2 amide bonds. The molecule has 0 radical (unpaired) electrons. The van der Waals surface area contributed by atoms with Crippen molar-refractivity contribution in [3.05, 3.63) is 99.1 Å². The second kappa shape index (κ2) is 13.4. The number of aryl methyl sites for hydroxylation is 1. The summed E-state index contributed by atoms with van der Waals surface area (Å²) in [7, 11) is 0. The number of piperazine rings is 1. The van der Waals surface area contributed by atoms with E-state index in [0.717, 1.165) is 43.5 Å². The molecule has 2 aliphatic heterocycles. The van der Waals surface area contributed by atoms with Crippen LogP contribution in [0, 0.1) is 6.92 Å². The number of amides is 2. The van der Waals surface area contributed by atoms with E-state index in [4.69, 9.17) is 23.8 Å². The van der Waals surface area contributed by atoms with Crippen molar-refractivity contribution in [2.75, 3.05) is 32.7 Å². The van der Waals surface area contributed by atoms with Crippen LogP contribution in [-0.4, -0.2) is 74.1 Å². The van der Waals surface area contributed by atoms with Crippen molar-refractivity contribution >= 4 is 79.3 Å². The van der Waals surface area contributed by atoms with Gasteiger partial charge in [0.05, 0.1) is 12.5 Å². The van der Waals surface area contributed by atoms with Crippen molar-refractivity contribution in [3.63, 3.8) is 0 Å². The lowest BCUT2D eigenvalue weighted by atomic mass is 9.90. The Labute approximate surface area is 286 Å². The number of hydrogen-bond acceptors (Lipinski definition) is 4. The minimum Gasteiger partial charge on any atom is -0.363 e. The molecular weight excluding hydrogens is 690 g/mol. The van der Waals surface area contributed by atoms with Crippen LogP contribution >= 0.6 is 51.5 Å². The minimum atomic E-state index is -1.11. The maximum Gasteiger partial charge on any atom is 0.242 e. The summed E-state index contributed by atoms with van der Waals surface area (Å²) in [6, 6.07) is 21.4. The van der Waals surface area contributed by atoms with Crippen molar-refractivity contribution in [3.8, 4) is 0 Å². The summed E-state index contributed by atoms with van der Waals surface area (Å²) in [5, 5.41) is 5.50. The van der Waals surface area contributed by atoms with Crippen LogP contribution < -0.4 is 5.32 Å². The van der Waals surface area contributed by atoms with Crippen molar-refractivity contribution in [2.24, 2.45) is 0 Å². The number of likely N-dealkylation sites (tertiary alicyclic amines) is 1. The Bertz CT molecular complexity index is 1720. The van der Waals surface area contributed by atoms with Crippen LogP contribution in [0.4, 0.5) is 0 Å². The summed E-state index contributed by atoms with van der Waals surface area (Å²) in [5.41, 5.74) is 3.91. The monoisotopic (exact) mass is 723 g/mol. The maximum absolute atomic E-state index is 15.1. The smallest absolute Gasteiger partial charge is 0.242 e. The Hall–Kier alpha value is -3.05. The molecule has 0 spiro atoms. The van der Waals surface area contributed by atoms with Gasteiger partial charge in [-0.1, -0.05) is 63.4 Å². The third kappa shape index (κ3) is 6.48. The van der Waals surface area contributed by atoms with E-state index in [9.17, 15) is 4.79 Å². The molecule has 7 nitrogen and oxygen atoms in total. The highest BCUT2D eigenvalue weighted by Gasteiger charge is 2.59. The maximum atomic E-state index is 15.1. The number of thioether (sulfide) groups is 1. The van der Waals surface area contributed by atoms with Crippen LogP contribution in [-0.2, 0) is 16.1 Å². The lowest BCUT2D eigenvalue weighted by molar-refractivity contribution is -0.136. The first-order valence-electron chi connectivity index (χ1n) is 15.1. The van der Waals surface area contributed by atoms with E-state index in [-0.39, 0.29) is 18.2 Å². The summed E-state index contributed by atoms with van der Waals surface area (Å²) >= 11 is 17.0. The van der Waals surface area contributed by atoms with Gasteiger partial charge in [-0.2, -0.15) is 0 Å². The van der Waals surface area contributed by atoms with Crippen LogP contribution in [0.5, 0.6) is 0 Å². The van der Waals surface area contributed by atoms with Gasteiger partial charge in [-0.15, -0.1) is 11.8 Å². The first-order chi connectivity index (χ1) is 21.7. The lowest BCUT2D eigenvalue weighted by Crippen LogP contribution is -2.58. The third-order valence-electron chi connectivity index (χ3n) is 8.59. The molecule has 0 bridgehead atoms. The second-order valence-corrected chi connectivity index (χ2v) is 14.7. The molecule has 3 aromatic carbocycles. The molecule has 234 valence electrons. The average molecular weight is 725 g/mol. The fourth-order valence-corrected chi connectivity index (χ4v) is 8.57. The predicted molar refractivity (Wildman–Crippen MR) is 190 cm³/mol. The molecule has 4 aromatic rings. The average Bonchev–Trinajstić information content (AvgIpc) is 3.56. The highest BCUT2D eigenvalue weighted by molar-refractivity contribution is 9.10. The fourth-order valence-electron chi connectivity index (χ4n) is 6.34. The molecule has 2 fully saturated rings. The van der Waals surface area contributed by atoms with Gasteiger partial charge in [-0.05, 0) is 68.0 Å². The number of aromatic nitrogens is 1. The van der Waals surface area contributed by atoms with E-state index >= 15 is 4.79 Å². The molecule has 0 aliphatic carbocycles. The summed E-state index contributed by atoms with van der Waals surface area (Å²) in [6.45, 7) is 7.52. The van der Waals surface area contributed by atoms with Crippen LogP contribution in [0.2, 0.25) is 5.02 Å². The lowest BCUT2D eigenvalue weighted by Gasteiger charge is -2.43. The largest absolute Gasteiger partial charge is 0.363 e. The normalized spacial score (nSPS) is 20.2. The number of aromatic amines is 1. The van der Waals surface area contributed by atoms with Crippen LogP contribution in [0.25, 0.3) is 10.9 Å². The second-order valence-electron chi connectivity index (χ2n) is 11.6. The van der Waals surface area contributed by atoms with Crippen molar-refractivity contribution in [1.82, 2.24) is 25.0 Å². The first kappa shape index (κ1) is 31.9. The number of nitrogens with zero attached hydrogens (tertiary/aromatic N) is 3. The highest BCUT2D eigenvalue weighted by Crippen LogP contribution is 2.55. The molecule has 3 heterocycles. The predicted octanol–water partition coefficient (Wildman–Crippen LogP) is 6.94. The van der Waals surface area contributed by atoms with E-state index < -0.39 is 10.8 Å². The van der Waals surface area contributed by atoms with Crippen molar-refractivity contribution in [2.45, 2.75) is 42.5 Å². The number of nitrogens with one attached hydrogen (secondary N) is 2. The number of carbonyl (C=O) groups excluding carboxylic acids is 2. The zero-order chi connectivity index (χ0) is 31.7. The quantitative estimate of drug-likeness (QED) is 0.202. The van der Waals surface area contributed by atoms with Crippen LogP contribution in [0.15, 0.2) is 82.3 Å². The van der Waals surface area contributed by atoms with E-state index in [1.165, 1.54) is 11.8 Å². The number of benzene rings is 3. The fraction of sp³-hybridized carbons (Fsp3) is 0.324. The van der Waals surface area contributed by atoms with Gasteiger partial charge >= 0.3 is 0 Å². The first-order valence-corrected chi connectivity index (χ1v) is 17.5. The van der Waals surface area contributed by atoms with Gasteiger partial charge in [0.2, 0.25) is 11.8 Å². The van der Waals surface area contributed by atoms with Gasteiger partial charge in [-0.25, -0.2) is 0 Å². The number of fused-ring (bicyclic) bond motifs is 1. The molecule has 0 saturated carbocycles. The minimum absolute atomic E-state index is 0.0259. The number of H-pyrrole nitrogens is 1. The summed E-state index contributed by atoms with van der Waals surface area (Å²) in [6.07, 6.45) is 2.03. The van der Waals surface area contributed by atoms with Crippen molar-refractivity contribution in [1.29, 1.82) is 0 Å². The van der Waals surface area contributed by atoms with Crippen LogP contribution in [0.1, 0.15) is 36.1 Å². The summed E-state index contributed by atoms with van der Waals surface area (Å²) in [5.74, 6) is -0.0757. The Morgan fingerprint density at radius 2 is 1.76 bits per heavy atom. The molecular formula is C34H35BrClN5O2S2. The molecule has 11 heteroatoms. The van der Waals surface area contributed by atoms with Gasteiger partial charge in [0.1, 0.15) is 4.75 Å². The number of halogens is 2. The molecule has 2 atom stereocenters. The van der Waals surface area contributed by atoms with E-state index in [1.807, 2.05) is 72.3 Å². The Kier molecular flexibility index (Phi) is 9.47. The van der Waals surface area contributed by atoms with E-state index in [2.05, 4.69) is 55.4 Å². The van der Waals surface area contributed by atoms with E-state index in [1.54, 1.807) is 0 Å². The Morgan fingerprint density at radius 3 is 2.44 bits per heavy atom. The molecule has 45 heavy (non-hydrogen) atoms. The van der Waals surface area contributed by atoms with Gasteiger partial charge in [-0.3, -0.25) is 9.59 Å². The molecule has 2 N–H and O–H groups in total. The molecule has 1 aromatic heterocycles. The SMILES string of the molecule is CCNC(=S)N1CCN(C(=O)C2(Sc3ccc(C)cc3)CC(=O)N(Cc3ccc(Br)cc3)[C@H]2c2c[nH]c3cc(Cl)ccc23)CC1. The topological polar surface area (TPSA) is 71.7 Å². The van der Waals surface area contributed by atoms with Crippen LogP contribution in [0.3, 0.4) is 0 Å². The van der Waals surface area contributed by atoms with E-state index in [0.29, 0.717) is 42.9 Å². The van der Waals surface area contributed by atoms with Gasteiger partial charge in [0.25, 0.3) is 0 Å². The Balaban J connectivity index is 1.46. The van der Waals surface area contributed by atoms with Crippen molar-refractivity contribution < 1.29 is 9.59 Å². The third-order valence-corrected chi connectivity index (χ3v) is 11.2. The number of hydrogen-bond donors (Lipinski definition) is 2. The molecule has 2 saturated heterocycles. The zero-order valence-electron chi connectivity index (χ0n) is 25.2. The molecule has 2 aliphatic rings. The standard InChI is InChI=1S/C34H35BrClN5O2S2/c1-3-37-33(44)40-16-14-39(15-17-40)32(43)34(45-26-11-4-22(2)5-12-26)19-30(42)41(21-23-6-8-24(35)9-7-23)31(34)28-20-38-29-18-25(36)10-13-27(28)29/h4-13,18,20,31,38H,3,14-17,19,21H2,1-2H3,(H,37,44)/t31-,34?/m0/s1.